The molecule has 1 aromatic carbocycles. The van der Waals surface area contributed by atoms with E-state index in [-0.39, 0.29) is 30.2 Å². The molecule has 3 amide bonds. The summed E-state index contributed by atoms with van der Waals surface area (Å²) in [6.45, 7) is 9.83. The second kappa shape index (κ2) is 13.8. The first-order valence-electron chi connectivity index (χ1n) is 13.3. The molecule has 9 heteroatoms. The Labute approximate surface area is 220 Å². The number of ether oxygens (including phenoxy) is 1. The van der Waals surface area contributed by atoms with Gasteiger partial charge in [0.05, 0.1) is 13.2 Å². The Balaban J connectivity index is 1.82. The Kier molecular flexibility index (Phi) is 10.5. The Bertz CT molecular complexity index is 1050. The number of aromatic nitrogens is 2. The highest BCUT2D eigenvalue weighted by Gasteiger charge is 2.24. The van der Waals surface area contributed by atoms with E-state index in [0.717, 1.165) is 17.8 Å². The summed E-state index contributed by atoms with van der Waals surface area (Å²) in [5.41, 5.74) is 0.922. The SMILES string of the molecule is CC(C)CCC(=O)N1CCCOc2cccc(c2)-c2nccn2CCNC(=O)[C@@H](CC(C)C)NC(=O)C1. The van der Waals surface area contributed by atoms with Crippen molar-refractivity contribution in [3.05, 3.63) is 36.7 Å². The van der Waals surface area contributed by atoms with Crippen LogP contribution in [0.2, 0.25) is 0 Å². The van der Waals surface area contributed by atoms with E-state index < -0.39 is 6.04 Å². The fourth-order valence-corrected chi connectivity index (χ4v) is 4.32. The van der Waals surface area contributed by atoms with Gasteiger partial charge in [0.1, 0.15) is 17.6 Å². The number of fused-ring (bicyclic) bond motifs is 4. The lowest BCUT2D eigenvalue weighted by Gasteiger charge is -2.25. The molecule has 1 aliphatic heterocycles. The summed E-state index contributed by atoms with van der Waals surface area (Å²) in [6.07, 6.45) is 5.85. The molecule has 0 spiro atoms. The number of nitrogens with zero attached hydrogens (tertiary/aromatic N) is 3. The van der Waals surface area contributed by atoms with E-state index in [1.165, 1.54) is 0 Å². The quantitative estimate of drug-likeness (QED) is 0.641. The highest BCUT2D eigenvalue weighted by molar-refractivity contribution is 5.90. The fourth-order valence-electron chi connectivity index (χ4n) is 4.32. The normalized spacial score (nSPS) is 17.9. The number of nitrogens with one attached hydrogen (secondary N) is 2. The maximum absolute atomic E-state index is 13.0. The minimum atomic E-state index is -0.665. The monoisotopic (exact) mass is 511 g/mol. The van der Waals surface area contributed by atoms with Crippen LogP contribution in [-0.2, 0) is 20.9 Å². The molecular formula is C28H41N5O4. The zero-order chi connectivity index (χ0) is 26.8. The average molecular weight is 512 g/mol. The zero-order valence-electron chi connectivity index (χ0n) is 22.5. The third-order valence-electron chi connectivity index (χ3n) is 6.28. The van der Waals surface area contributed by atoms with Crippen LogP contribution >= 0.6 is 0 Å². The first-order chi connectivity index (χ1) is 17.7. The molecule has 2 aromatic rings. The molecule has 0 radical (unpaired) electrons. The number of amides is 3. The third-order valence-corrected chi connectivity index (χ3v) is 6.28. The molecule has 1 aromatic heterocycles. The van der Waals surface area contributed by atoms with E-state index in [2.05, 4.69) is 29.5 Å². The Morgan fingerprint density at radius 2 is 1.97 bits per heavy atom. The number of carbonyl (C=O) groups is 3. The van der Waals surface area contributed by atoms with E-state index in [1.54, 1.807) is 11.1 Å². The molecule has 2 N–H and O–H groups in total. The van der Waals surface area contributed by atoms with Crippen molar-refractivity contribution in [2.24, 2.45) is 11.8 Å². The van der Waals surface area contributed by atoms with Crippen LogP contribution in [0, 0.1) is 11.8 Å². The number of imidazole rings is 1. The predicted octanol–water partition coefficient (Wildman–Crippen LogP) is 3.24. The maximum Gasteiger partial charge on any atom is 0.242 e. The lowest BCUT2D eigenvalue weighted by atomic mass is 10.0. The Morgan fingerprint density at radius 1 is 1.16 bits per heavy atom. The number of hydrogen-bond acceptors (Lipinski definition) is 5. The highest BCUT2D eigenvalue weighted by atomic mass is 16.5. The van der Waals surface area contributed by atoms with Crippen molar-refractivity contribution in [1.29, 1.82) is 0 Å². The topological polar surface area (TPSA) is 106 Å². The average Bonchev–Trinajstić information content (AvgIpc) is 3.32. The molecule has 1 aliphatic rings. The van der Waals surface area contributed by atoms with E-state index in [4.69, 9.17) is 4.74 Å². The van der Waals surface area contributed by atoms with Crippen LogP contribution in [0.15, 0.2) is 36.7 Å². The molecule has 0 aliphatic carbocycles. The van der Waals surface area contributed by atoms with Crippen molar-refractivity contribution in [1.82, 2.24) is 25.1 Å². The molecule has 0 saturated carbocycles. The molecule has 0 saturated heterocycles. The van der Waals surface area contributed by atoms with Crippen molar-refractivity contribution >= 4 is 17.7 Å². The van der Waals surface area contributed by atoms with Crippen LogP contribution in [0.4, 0.5) is 0 Å². The minimum Gasteiger partial charge on any atom is -0.494 e. The molecule has 1 atom stereocenters. The van der Waals surface area contributed by atoms with Crippen molar-refractivity contribution < 1.29 is 19.1 Å². The van der Waals surface area contributed by atoms with E-state index in [9.17, 15) is 14.4 Å². The molecular weight excluding hydrogens is 470 g/mol. The predicted molar refractivity (Wildman–Crippen MR) is 143 cm³/mol. The Hall–Kier alpha value is -3.36. The lowest BCUT2D eigenvalue weighted by molar-refractivity contribution is -0.137. The molecule has 0 unspecified atom stereocenters. The van der Waals surface area contributed by atoms with Crippen LogP contribution in [0.3, 0.4) is 0 Å². The molecule has 9 nitrogen and oxygen atoms in total. The molecule has 37 heavy (non-hydrogen) atoms. The second-order valence-corrected chi connectivity index (χ2v) is 10.5. The van der Waals surface area contributed by atoms with Gasteiger partial charge in [-0.25, -0.2) is 4.98 Å². The van der Waals surface area contributed by atoms with E-state index in [0.29, 0.717) is 57.2 Å². The van der Waals surface area contributed by atoms with Crippen molar-refractivity contribution in [3.8, 4) is 17.1 Å². The van der Waals surface area contributed by atoms with Gasteiger partial charge in [0, 0.05) is 44.0 Å². The van der Waals surface area contributed by atoms with Gasteiger partial charge >= 0.3 is 0 Å². The first-order valence-corrected chi connectivity index (χ1v) is 13.3. The lowest BCUT2D eigenvalue weighted by Crippen LogP contribution is -2.51. The number of benzene rings is 1. The summed E-state index contributed by atoms with van der Waals surface area (Å²) in [5.74, 6) is 1.49. The van der Waals surface area contributed by atoms with Gasteiger partial charge in [-0.2, -0.15) is 0 Å². The first kappa shape index (κ1) is 28.2. The van der Waals surface area contributed by atoms with Crippen LogP contribution in [0.25, 0.3) is 11.4 Å². The molecule has 2 bridgehead atoms. The summed E-state index contributed by atoms with van der Waals surface area (Å²) >= 11 is 0. The van der Waals surface area contributed by atoms with Gasteiger partial charge in [-0.1, -0.05) is 39.8 Å². The summed E-state index contributed by atoms with van der Waals surface area (Å²) < 4.78 is 7.96. The van der Waals surface area contributed by atoms with Gasteiger partial charge in [0.2, 0.25) is 17.7 Å². The number of rotatable bonds is 5. The van der Waals surface area contributed by atoms with Crippen molar-refractivity contribution in [2.45, 2.75) is 66.0 Å². The van der Waals surface area contributed by atoms with Gasteiger partial charge in [-0.05, 0) is 43.2 Å². The van der Waals surface area contributed by atoms with Crippen LogP contribution in [0.1, 0.15) is 53.4 Å². The van der Waals surface area contributed by atoms with Crippen LogP contribution in [-0.4, -0.2) is 64.5 Å². The van der Waals surface area contributed by atoms with Crippen molar-refractivity contribution in [2.75, 3.05) is 26.2 Å². The molecule has 0 fully saturated rings. The van der Waals surface area contributed by atoms with Gasteiger partial charge in [-0.15, -0.1) is 0 Å². The van der Waals surface area contributed by atoms with Gasteiger partial charge < -0.3 is 24.8 Å². The minimum absolute atomic E-state index is 0.0584. The fraction of sp³-hybridized carbons (Fsp3) is 0.571. The molecule has 202 valence electrons. The highest BCUT2D eigenvalue weighted by Crippen LogP contribution is 2.23. The van der Waals surface area contributed by atoms with Gasteiger partial charge in [0.15, 0.2) is 0 Å². The number of carbonyl (C=O) groups excluding carboxylic acids is 3. The Morgan fingerprint density at radius 3 is 2.73 bits per heavy atom. The van der Waals surface area contributed by atoms with Crippen LogP contribution in [0.5, 0.6) is 5.75 Å². The van der Waals surface area contributed by atoms with Crippen molar-refractivity contribution in [3.63, 3.8) is 0 Å². The molecule has 2 heterocycles. The third kappa shape index (κ3) is 8.91. The summed E-state index contributed by atoms with van der Waals surface area (Å²) in [4.78, 5) is 45.0. The smallest absolute Gasteiger partial charge is 0.242 e. The standard InChI is InChI=1S/C28H41N5O4/c1-20(2)9-10-26(35)33-13-6-16-37-23-8-5-7-22(18-23)27-29-11-14-32(27)15-12-30-28(36)24(17-21(3)4)31-25(34)19-33/h5,7-8,11,14,18,20-21,24H,6,9-10,12-13,15-17,19H2,1-4H3,(H,30,36)(H,31,34)/t24-/m1/s1. The summed E-state index contributed by atoms with van der Waals surface area (Å²) in [5, 5.41) is 5.84. The summed E-state index contributed by atoms with van der Waals surface area (Å²) in [6, 6.07) is 7.07. The largest absolute Gasteiger partial charge is 0.494 e. The van der Waals surface area contributed by atoms with Gasteiger partial charge in [-0.3, -0.25) is 14.4 Å². The van der Waals surface area contributed by atoms with E-state index in [1.807, 2.05) is 48.9 Å². The maximum atomic E-state index is 13.0. The van der Waals surface area contributed by atoms with E-state index >= 15 is 0 Å². The summed E-state index contributed by atoms with van der Waals surface area (Å²) in [7, 11) is 0. The zero-order valence-corrected chi connectivity index (χ0v) is 22.5. The number of hydrogen-bond donors (Lipinski definition) is 2. The molecule has 3 rings (SSSR count). The second-order valence-electron chi connectivity index (χ2n) is 10.5. The van der Waals surface area contributed by atoms with Gasteiger partial charge in [0.25, 0.3) is 0 Å². The van der Waals surface area contributed by atoms with Crippen LogP contribution < -0.4 is 15.4 Å².